The molecule has 0 fully saturated rings. The lowest BCUT2D eigenvalue weighted by molar-refractivity contribution is -0.125. The number of aryl methyl sites for hydroxylation is 1. The molecule has 2 N–H and O–H groups in total. The van der Waals surface area contributed by atoms with Crippen molar-refractivity contribution in [2.24, 2.45) is 5.92 Å². The minimum absolute atomic E-state index is 0.0829. The van der Waals surface area contributed by atoms with Crippen LogP contribution in [0, 0.1) is 5.92 Å². The Bertz CT molecular complexity index is 1110. The molecule has 172 valence electrons. The molecule has 0 spiro atoms. The molecular weight excluding hydrogens is 412 g/mol. The molecule has 3 aromatic rings. The second-order valence-electron chi connectivity index (χ2n) is 8.54. The molecular formula is C27H32N4O2. The van der Waals surface area contributed by atoms with Crippen molar-refractivity contribution >= 4 is 11.6 Å². The number of fused-ring (bicyclic) bond motifs is 1. The van der Waals surface area contributed by atoms with Crippen molar-refractivity contribution in [2.75, 3.05) is 24.5 Å². The molecule has 1 unspecified atom stereocenters. The number of para-hydroxylation sites is 1. The number of aromatic nitrogens is 2. The van der Waals surface area contributed by atoms with Gasteiger partial charge >= 0.3 is 0 Å². The zero-order valence-corrected chi connectivity index (χ0v) is 19.2. The number of rotatable bonds is 8. The van der Waals surface area contributed by atoms with E-state index in [1.165, 1.54) is 5.69 Å². The Balaban J connectivity index is 1.31. The van der Waals surface area contributed by atoms with Gasteiger partial charge in [0.25, 0.3) is 5.56 Å². The van der Waals surface area contributed by atoms with Gasteiger partial charge in [0.2, 0.25) is 5.91 Å². The van der Waals surface area contributed by atoms with E-state index in [0.717, 1.165) is 36.3 Å². The summed E-state index contributed by atoms with van der Waals surface area (Å²) in [6.45, 7) is 4.64. The first kappa shape index (κ1) is 22.8. The summed E-state index contributed by atoms with van der Waals surface area (Å²) < 4.78 is 0. The molecule has 6 nitrogen and oxygen atoms in total. The largest absolute Gasteiger partial charge is 0.372 e. The van der Waals surface area contributed by atoms with Gasteiger partial charge in [-0.25, -0.2) is 4.98 Å². The van der Waals surface area contributed by atoms with Crippen molar-refractivity contribution in [2.45, 2.75) is 39.0 Å². The number of nitrogens with zero attached hydrogens (tertiary/aromatic N) is 2. The molecule has 0 bridgehead atoms. The molecule has 0 saturated heterocycles. The summed E-state index contributed by atoms with van der Waals surface area (Å²) in [4.78, 5) is 35.5. The number of H-pyrrole nitrogens is 1. The van der Waals surface area contributed by atoms with E-state index >= 15 is 0 Å². The zero-order chi connectivity index (χ0) is 23.0. The summed E-state index contributed by atoms with van der Waals surface area (Å²) in [7, 11) is 0. The van der Waals surface area contributed by atoms with Crippen LogP contribution in [0.15, 0.2) is 65.5 Å². The lowest BCUT2D eigenvalue weighted by Gasteiger charge is -2.23. The lowest BCUT2D eigenvalue weighted by Crippen LogP contribution is -2.34. The molecule has 2 aromatic carbocycles. The minimum atomic E-state index is -0.0878. The fourth-order valence-corrected chi connectivity index (χ4v) is 4.51. The molecule has 1 aromatic heterocycles. The number of hydrogen-bond acceptors (Lipinski definition) is 4. The van der Waals surface area contributed by atoms with Gasteiger partial charge in [-0.15, -0.1) is 0 Å². The highest BCUT2D eigenvalue weighted by atomic mass is 16.2. The van der Waals surface area contributed by atoms with Crippen LogP contribution in [0.3, 0.4) is 0 Å². The molecule has 6 heteroatoms. The van der Waals surface area contributed by atoms with Crippen LogP contribution in [0.1, 0.15) is 37.4 Å². The maximum atomic E-state index is 12.8. The van der Waals surface area contributed by atoms with Crippen molar-refractivity contribution in [1.82, 2.24) is 15.3 Å². The molecule has 4 rings (SSSR count). The Kier molecular flexibility index (Phi) is 7.55. The Morgan fingerprint density at radius 2 is 1.76 bits per heavy atom. The maximum absolute atomic E-state index is 12.8. The third-order valence-electron chi connectivity index (χ3n) is 6.40. The highest BCUT2D eigenvalue weighted by Crippen LogP contribution is 2.23. The van der Waals surface area contributed by atoms with Crippen molar-refractivity contribution in [1.29, 1.82) is 0 Å². The standard InChI is InChI=1S/C27H32N4O2/c1-2-31(22-12-7-4-8-13-22)19-9-18-28-26(32)21-14-16-23-24(17-15-21)29-25(30-27(23)33)20-10-5-3-6-11-20/h3-8,10-13,21H,2,9,14-19H2,1H3,(H,28,32)(H,29,30,33). The van der Waals surface area contributed by atoms with Gasteiger partial charge < -0.3 is 15.2 Å². The number of anilines is 1. The van der Waals surface area contributed by atoms with Crippen molar-refractivity contribution in [3.05, 3.63) is 82.3 Å². The summed E-state index contributed by atoms with van der Waals surface area (Å²) in [6.07, 6.45) is 3.52. The molecule has 0 radical (unpaired) electrons. The van der Waals surface area contributed by atoms with Gasteiger partial charge in [-0.1, -0.05) is 48.5 Å². The summed E-state index contributed by atoms with van der Waals surface area (Å²) in [5.41, 5.74) is 3.58. The zero-order valence-electron chi connectivity index (χ0n) is 19.2. The number of nitrogens with one attached hydrogen (secondary N) is 2. The predicted molar refractivity (Wildman–Crippen MR) is 132 cm³/mol. The first-order valence-electron chi connectivity index (χ1n) is 11.9. The maximum Gasteiger partial charge on any atom is 0.254 e. The number of aromatic amines is 1. The van der Waals surface area contributed by atoms with E-state index in [9.17, 15) is 9.59 Å². The highest BCUT2D eigenvalue weighted by molar-refractivity contribution is 5.78. The van der Waals surface area contributed by atoms with Crippen molar-refractivity contribution in [3.63, 3.8) is 0 Å². The van der Waals surface area contributed by atoms with E-state index in [1.54, 1.807) is 0 Å². The normalized spacial score (nSPS) is 15.4. The number of amides is 1. The summed E-state index contributed by atoms with van der Waals surface area (Å²) in [5.74, 6) is 0.599. The third kappa shape index (κ3) is 5.69. The van der Waals surface area contributed by atoms with Crippen LogP contribution in [-0.4, -0.2) is 35.5 Å². The highest BCUT2D eigenvalue weighted by Gasteiger charge is 2.25. The average Bonchev–Trinajstić information content (AvgIpc) is 3.08. The smallest absolute Gasteiger partial charge is 0.254 e. The number of carbonyl (C=O) groups is 1. The SMILES string of the molecule is CCN(CCCNC(=O)C1CCc2nc(-c3ccccc3)[nH]c(=O)c2CC1)c1ccccc1. The predicted octanol–water partition coefficient (Wildman–Crippen LogP) is 3.96. The van der Waals surface area contributed by atoms with Gasteiger partial charge in [-0.2, -0.15) is 0 Å². The van der Waals surface area contributed by atoms with E-state index in [0.29, 0.717) is 38.1 Å². The van der Waals surface area contributed by atoms with Crippen molar-refractivity contribution < 1.29 is 4.79 Å². The van der Waals surface area contributed by atoms with Crippen LogP contribution in [0.25, 0.3) is 11.4 Å². The van der Waals surface area contributed by atoms with Gasteiger partial charge in [0, 0.05) is 42.4 Å². The summed E-state index contributed by atoms with van der Waals surface area (Å²) in [6, 6.07) is 20.0. The van der Waals surface area contributed by atoms with E-state index < -0.39 is 0 Å². The summed E-state index contributed by atoms with van der Waals surface area (Å²) in [5, 5.41) is 3.12. The number of hydrogen-bond donors (Lipinski definition) is 2. The quantitative estimate of drug-likeness (QED) is 0.407. The van der Waals surface area contributed by atoms with Crippen LogP contribution in [-0.2, 0) is 17.6 Å². The van der Waals surface area contributed by atoms with Gasteiger partial charge in [0.05, 0.1) is 5.69 Å². The summed E-state index contributed by atoms with van der Waals surface area (Å²) >= 11 is 0. The van der Waals surface area contributed by atoms with E-state index in [1.807, 2.05) is 48.5 Å². The number of benzene rings is 2. The average molecular weight is 445 g/mol. The molecule has 0 aliphatic heterocycles. The fourth-order valence-electron chi connectivity index (χ4n) is 4.51. The topological polar surface area (TPSA) is 78.1 Å². The monoisotopic (exact) mass is 444 g/mol. The molecule has 1 atom stereocenters. The van der Waals surface area contributed by atoms with Gasteiger partial charge in [0.15, 0.2) is 0 Å². The lowest BCUT2D eigenvalue weighted by atomic mass is 9.99. The van der Waals surface area contributed by atoms with Gasteiger partial charge in [-0.3, -0.25) is 9.59 Å². The van der Waals surface area contributed by atoms with E-state index in [2.05, 4.69) is 34.3 Å². The van der Waals surface area contributed by atoms with E-state index in [4.69, 9.17) is 4.98 Å². The van der Waals surface area contributed by atoms with Crippen LogP contribution in [0.4, 0.5) is 5.69 Å². The molecule has 0 saturated carbocycles. The second kappa shape index (κ2) is 10.9. The third-order valence-corrected chi connectivity index (χ3v) is 6.40. The molecule has 1 amide bonds. The Labute approximate surface area is 195 Å². The second-order valence-corrected chi connectivity index (χ2v) is 8.54. The van der Waals surface area contributed by atoms with E-state index in [-0.39, 0.29) is 17.4 Å². The first-order valence-corrected chi connectivity index (χ1v) is 11.9. The molecule has 1 heterocycles. The minimum Gasteiger partial charge on any atom is -0.372 e. The molecule has 33 heavy (non-hydrogen) atoms. The Hall–Kier alpha value is -3.41. The van der Waals surface area contributed by atoms with Crippen LogP contribution >= 0.6 is 0 Å². The fraction of sp³-hybridized carbons (Fsp3) is 0.370. The van der Waals surface area contributed by atoms with Gasteiger partial charge in [-0.05, 0) is 51.2 Å². The van der Waals surface area contributed by atoms with Gasteiger partial charge in [0.1, 0.15) is 5.82 Å². The van der Waals surface area contributed by atoms with Crippen LogP contribution in [0.5, 0.6) is 0 Å². The first-order chi connectivity index (χ1) is 16.2. The Morgan fingerprint density at radius 1 is 1.06 bits per heavy atom. The molecule has 1 aliphatic rings. The van der Waals surface area contributed by atoms with Crippen LogP contribution in [0.2, 0.25) is 0 Å². The number of carbonyl (C=O) groups excluding carboxylic acids is 1. The Morgan fingerprint density at radius 3 is 2.48 bits per heavy atom. The van der Waals surface area contributed by atoms with Crippen molar-refractivity contribution in [3.8, 4) is 11.4 Å². The molecule has 1 aliphatic carbocycles. The van der Waals surface area contributed by atoms with Crippen LogP contribution < -0.4 is 15.8 Å².